The van der Waals surface area contributed by atoms with Gasteiger partial charge in [0.1, 0.15) is 0 Å². The summed E-state index contributed by atoms with van der Waals surface area (Å²) in [6.45, 7) is 1.25. The quantitative estimate of drug-likeness (QED) is 0.729. The number of amides is 2. The Labute approximate surface area is 170 Å². The molecule has 1 heterocycles. The molecule has 0 saturated carbocycles. The third-order valence-corrected chi connectivity index (χ3v) is 5.63. The summed E-state index contributed by atoms with van der Waals surface area (Å²) in [5.41, 5.74) is 1.60. The third-order valence-electron chi connectivity index (χ3n) is 5.38. The van der Waals surface area contributed by atoms with Gasteiger partial charge in [0.2, 0.25) is 0 Å². The van der Waals surface area contributed by atoms with Crippen LogP contribution in [0.15, 0.2) is 54.6 Å². The molecule has 6 heteroatoms. The average molecular weight is 401 g/mol. The molecule has 148 valence electrons. The van der Waals surface area contributed by atoms with Gasteiger partial charge in [-0.25, -0.2) is 4.79 Å². The number of urea groups is 1. The van der Waals surface area contributed by atoms with Crippen molar-refractivity contribution in [3.63, 3.8) is 0 Å². The first-order valence-electron chi connectivity index (χ1n) is 9.46. The molecular formula is C22H25ClN2O3. The van der Waals surface area contributed by atoms with Gasteiger partial charge in [-0.15, -0.1) is 0 Å². The molecular weight excluding hydrogens is 376 g/mol. The van der Waals surface area contributed by atoms with E-state index in [0.717, 1.165) is 18.4 Å². The first kappa shape index (κ1) is 20.2. The molecule has 0 spiro atoms. The van der Waals surface area contributed by atoms with Crippen LogP contribution in [0.1, 0.15) is 31.2 Å². The normalized spacial score (nSPS) is 19.1. The van der Waals surface area contributed by atoms with Gasteiger partial charge < -0.3 is 15.0 Å². The van der Waals surface area contributed by atoms with Gasteiger partial charge in [-0.2, -0.15) is 0 Å². The molecule has 2 amide bonds. The van der Waals surface area contributed by atoms with Crippen molar-refractivity contribution in [2.45, 2.75) is 31.1 Å². The van der Waals surface area contributed by atoms with Gasteiger partial charge in [-0.3, -0.25) is 4.79 Å². The molecule has 1 aliphatic heterocycles. The molecule has 0 radical (unpaired) electrons. The monoisotopic (exact) mass is 400 g/mol. The van der Waals surface area contributed by atoms with Crippen molar-refractivity contribution in [1.82, 2.24) is 4.90 Å². The van der Waals surface area contributed by atoms with Crippen LogP contribution in [0.5, 0.6) is 0 Å². The number of nitrogens with one attached hydrogen (secondary N) is 1. The van der Waals surface area contributed by atoms with E-state index < -0.39 is 0 Å². The number of benzene rings is 2. The van der Waals surface area contributed by atoms with Gasteiger partial charge in [0, 0.05) is 35.6 Å². The Hall–Kier alpha value is -2.53. The number of nitrogens with zero attached hydrogens (tertiary/aromatic N) is 1. The largest absolute Gasteiger partial charge is 0.469 e. The van der Waals surface area contributed by atoms with Crippen molar-refractivity contribution >= 4 is 29.3 Å². The predicted octanol–water partition coefficient (Wildman–Crippen LogP) is 4.86. The Bertz CT molecular complexity index is 810. The van der Waals surface area contributed by atoms with Gasteiger partial charge in [-0.1, -0.05) is 41.9 Å². The van der Waals surface area contributed by atoms with Crippen molar-refractivity contribution in [3.8, 4) is 0 Å². The molecule has 2 aromatic carbocycles. The van der Waals surface area contributed by atoms with Gasteiger partial charge >= 0.3 is 12.0 Å². The topological polar surface area (TPSA) is 58.6 Å². The number of hydrogen-bond acceptors (Lipinski definition) is 3. The summed E-state index contributed by atoms with van der Waals surface area (Å²) in [7, 11) is 1.41. The fourth-order valence-electron chi connectivity index (χ4n) is 3.86. The number of rotatable bonds is 5. The summed E-state index contributed by atoms with van der Waals surface area (Å²) in [6.07, 6.45) is 2.79. The fourth-order valence-corrected chi connectivity index (χ4v) is 3.99. The zero-order chi connectivity index (χ0) is 20.0. The molecule has 5 nitrogen and oxygen atoms in total. The molecule has 2 aromatic rings. The highest BCUT2D eigenvalue weighted by Gasteiger charge is 2.39. The molecule has 1 atom stereocenters. The van der Waals surface area contributed by atoms with Crippen LogP contribution < -0.4 is 5.32 Å². The summed E-state index contributed by atoms with van der Waals surface area (Å²) in [6, 6.07) is 17.1. The summed E-state index contributed by atoms with van der Waals surface area (Å²) in [4.78, 5) is 26.5. The van der Waals surface area contributed by atoms with E-state index in [1.165, 1.54) is 7.11 Å². The van der Waals surface area contributed by atoms with Gasteiger partial charge in [0.15, 0.2) is 0 Å². The van der Waals surface area contributed by atoms with E-state index in [9.17, 15) is 9.59 Å². The third kappa shape index (κ3) is 4.84. The van der Waals surface area contributed by atoms with E-state index in [1.807, 2.05) is 23.1 Å². The Balaban J connectivity index is 1.78. The number of methoxy groups -OCH3 is 1. The number of hydrogen-bond donors (Lipinski definition) is 1. The predicted molar refractivity (Wildman–Crippen MR) is 111 cm³/mol. The average Bonchev–Trinajstić information content (AvgIpc) is 2.74. The van der Waals surface area contributed by atoms with Gasteiger partial charge in [0.25, 0.3) is 0 Å². The van der Waals surface area contributed by atoms with Crippen LogP contribution in [-0.4, -0.2) is 37.1 Å². The highest BCUT2D eigenvalue weighted by Crippen LogP contribution is 2.38. The van der Waals surface area contributed by atoms with Crippen LogP contribution in [0.25, 0.3) is 0 Å². The zero-order valence-corrected chi connectivity index (χ0v) is 16.7. The number of halogens is 1. The van der Waals surface area contributed by atoms with E-state index in [0.29, 0.717) is 36.6 Å². The van der Waals surface area contributed by atoms with Crippen LogP contribution in [0.4, 0.5) is 10.5 Å². The van der Waals surface area contributed by atoms with E-state index in [-0.39, 0.29) is 17.4 Å². The van der Waals surface area contributed by atoms with E-state index >= 15 is 0 Å². The molecule has 1 aliphatic rings. The summed E-state index contributed by atoms with van der Waals surface area (Å²) < 4.78 is 4.84. The van der Waals surface area contributed by atoms with E-state index in [1.54, 1.807) is 24.3 Å². The van der Waals surface area contributed by atoms with Crippen LogP contribution in [-0.2, 0) is 14.9 Å². The Morgan fingerprint density at radius 3 is 2.54 bits per heavy atom. The van der Waals surface area contributed by atoms with Crippen molar-refractivity contribution in [3.05, 3.63) is 65.2 Å². The Kier molecular flexibility index (Phi) is 6.57. The van der Waals surface area contributed by atoms with Crippen molar-refractivity contribution < 1.29 is 14.3 Å². The molecule has 0 bridgehead atoms. The minimum absolute atomic E-state index is 0.139. The molecule has 1 fully saturated rings. The smallest absolute Gasteiger partial charge is 0.321 e. The Morgan fingerprint density at radius 2 is 1.86 bits per heavy atom. The maximum Gasteiger partial charge on any atom is 0.321 e. The SMILES string of the molecule is COC(=O)CCC1(c2ccccc2)CCCN(C(=O)Nc2ccc(Cl)cc2)C1. The summed E-state index contributed by atoms with van der Waals surface area (Å²) >= 11 is 5.91. The molecule has 1 N–H and O–H groups in total. The Morgan fingerprint density at radius 1 is 1.14 bits per heavy atom. The lowest BCUT2D eigenvalue weighted by Gasteiger charge is -2.43. The standard InChI is InChI=1S/C22H25ClN2O3/c1-28-20(26)12-14-22(17-6-3-2-4-7-17)13-5-15-25(16-22)21(27)24-19-10-8-18(23)9-11-19/h2-4,6-11H,5,12-16H2,1H3,(H,24,27). The number of carbonyl (C=O) groups excluding carboxylic acids is 2. The molecule has 3 rings (SSSR count). The number of ether oxygens (including phenoxy) is 1. The molecule has 28 heavy (non-hydrogen) atoms. The second-order valence-corrected chi connectivity index (χ2v) is 7.62. The number of carbonyl (C=O) groups is 2. The van der Waals surface area contributed by atoms with Crippen molar-refractivity contribution in [1.29, 1.82) is 0 Å². The number of piperidine rings is 1. The lowest BCUT2D eigenvalue weighted by Crippen LogP contribution is -2.50. The maximum absolute atomic E-state index is 12.9. The number of esters is 1. The van der Waals surface area contributed by atoms with Crippen molar-refractivity contribution in [2.24, 2.45) is 0 Å². The summed E-state index contributed by atoms with van der Waals surface area (Å²) in [5, 5.41) is 3.57. The lowest BCUT2D eigenvalue weighted by molar-refractivity contribution is -0.141. The molecule has 0 aliphatic carbocycles. The highest BCUT2D eigenvalue weighted by atomic mass is 35.5. The van der Waals surface area contributed by atoms with Crippen LogP contribution >= 0.6 is 11.6 Å². The number of likely N-dealkylation sites (tertiary alicyclic amines) is 1. The highest BCUT2D eigenvalue weighted by molar-refractivity contribution is 6.30. The maximum atomic E-state index is 12.9. The lowest BCUT2D eigenvalue weighted by atomic mass is 9.71. The first-order valence-corrected chi connectivity index (χ1v) is 9.84. The van der Waals surface area contributed by atoms with Crippen molar-refractivity contribution in [2.75, 3.05) is 25.5 Å². The van der Waals surface area contributed by atoms with Crippen LogP contribution in [0, 0.1) is 0 Å². The minimum Gasteiger partial charge on any atom is -0.469 e. The first-order chi connectivity index (χ1) is 13.5. The van der Waals surface area contributed by atoms with Gasteiger partial charge in [0.05, 0.1) is 7.11 Å². The summed E-state index contributed by atoms with van der Waals surface area (Å²) in [5.74, 6) is -0.224. The minimum atomic E-state index is -0.259. The van der Waals surface area contributed by atoms with E-state index in [2.05, 4.69) is 17.4 Å². The second kappa shape index (κ2) is 9.11. The van der Waals surface area contributed by atoms with Gasteiger partial charge in [-0.05, 0) is 49.1 Å². The molecule has 0 aromatic heterocycles. The van der Waals surface area contributed by atoms with Crippen LogP contribution in [0.3, 0.4) is 0 Å². The molecule has 1 saturated heterocycles. The van der Waals surface area contributed by atoms with E-state index in [4.69, 9.17) is 16.3 Å². The van der Waals surface area contributed by atoms with Crippen LogP contribution in [0.2, 0.25) is 5.02 Å². The molecule has 1 unspecified atom stereocenters. The number of anilines is 1. The zero-order valence-electron chi connectivity index (χ0n) is 16.0. The second-order valence-electron chi connectivity index (χ2n) is 7.18. The fraction of sp³-hybridized carbons (Fsp3) is 0.364.